The van der Waals surface area contributed by atoms with E-state index in [2.05, 4.69) is 31.5 Å². The molecule has 2 N–H and O–H groups in total. The van der Waals surface area contributed by atoms with Crippen molar-refractivity contribution in [2.45, 2.75) is 6.92 Å². The topological polar surface area (TPSA) is 80.1 Å². The van der Waals surface area contributed by atoms with Gasteiger partial charge in [0.1, 0.15) is 11.6 Å². The summed E-state index contributed by atoms with van der Waals surface area (Å²) in [4.78, 5) is 14.7. The van der Waals surface area contributed by atoms with Crippen LogP contribution in [0.25, 0.3) is 0 Å². The third-order valence-corrected chi connectivity index (χ3v) is 3.22. The maximum absolute atomic E-state index is 13.2. The quantitative estimate of drug-likeness (QED) is 0.624. The summed E-state index contributed by atoms with van der Waals surface area (Å²) in [7, 11) is 0. The Hall–Kier alpha value is -2.22. The van der Waals surface area contributed by atoms with Gasteiger partial charge in [-0.1, -0.05) is 0 Å². The standard InChI is InChI=1S/C13H12BrFN4O2/c1-2-16-12-6-5-11(19(20)21)13(18-12)17-8-3-4-10(15)9(14)7-8/h3-7H,2H2,1H3,(H2,16,17,18). The molecule has 0 amide bonds. The molecule has 8 heteroatoms. The van der Waals surface area contributed by atoms with Crippen LogP contribution in [0.5, 0.6) is 0 Å². The summed E-state index contributed by atoms with van der Waals surface area (Å²) in [5.41, 5.74) is 0.338. The van der Waals surface area contributed by atoms with Crippen LogP contribution in [-0.2, 0) is 0 Å². The van der Waals surface area contributed by atoms with E-state index in [-0.39, 0.29) is 16.0 Å². The molecule has 0 radical (unpaired) electrons. The fourth-order valence-corrected chi connectivity index (χ4v) is 2.06. The minimum Gasteiger partial charge on any atom is -0.370 e. The molecule has 1 aromatic carbocycles. The van der Waals surface area contributed by atoms with Crippen LogP contribution in [0.1, 0.15) is 6.92 Å². The second-order valence-electron chi connectivity index (χ2n) is 4.11. The molecule has 0 unspecified atom stereocenters. The zero-order valence-corrected chi connectivity index (χ0v) is 12.6. The smallest absolute Gasteiger partial charge is 0.311 e. The SMILES string of the molecule is CCNc1ccc([N+](=O)[O-])c(Nc2ccc(F)c(Br)c2)n1. The molecule has 21 heavy (non-hydrogen) atoms. The minimum absolute atomic E-state index is 0.0944. The number of anilines is 3. The third-order valence-electron chi connectivity index (χ3n) is 2.61. The van der Waals surface area contributed by atoms with Crippen LogP contribution < -0.4 is 10.6 Å². The number of nitrogens with zero attached hydrogens (tertiary/aromatic N) is 2. The Labute approximate surface area is 128 Å². The summed E-state index contributed by atoms with van der Waals surface area (Å²) >= 11 is 3.06. The fraction of sp³-hybridized carbons (Fsp3) is 0.154. The van der Waals surface area contributed by atoms with E-state index in [1.54, 1.807) is 0 Å². The Bertz CT molecular complexity index is 681. The van der Waals surface area contributed by atoms with Crippen LogP contribution in [0.3, 0.4) is 0 Å². The highest BCUT2D eigenvalue weighted by Gasteiger charge is 2.16. The Morgan fingerprint density at radius 2 is 2.14 bits per heavy atom. The predicted octanol–water partition coefficient (Wildman–Crippen LogP) is 4.07. The minimum atomic E-state index is -0.524. The van der Waals surface area contributed by atoms with Crippen LogP contribution in [0.4, 0.5) is 27.4 Å². The molecule has 110 valence electrons. The van der Waals surface area contributed by atoms with Gasteiger partial charge in [-0.15, -0.1) is 0 Å². The largest absolute Gasteiger partial charge is 0.370 e. The van der Waals surface area contributed by atoms with Crippen molar-refractivity contribution in [3.8, 4) is 0 Å². The van der Waals surface area contributed by atoms with E-state index < -0.39 is 10.7 Å². The number of nitro groups is 1. The molecule has 0 spiro atoms. The Morgan fingerprint density at radius 3 is 2.76 bits per heavy atom. The number of aromatic nitrogens is 1. The molecule has 1 heterocycles. The van der Waals surface area contributed by atoms with E-state index in [9.17, 15) is 14.5 Å². The van der Waals surface area contributed by atoms with Gasteiger partial charge in [-0.3, -0.25) is 10.1 Å². The highest BCUT2D eigenvalue weighted by molar-refractivity contribution is 9.10. The van der Waals surface area contributed by atoms with Crippen molar-refractivity contribution in [3.63, 3.8) is 0 Å². The normalized spacial score (nSPS) is 10.2. The van der Waals surface area contributed by atoms with Gasteiger partial charge < -0.3 is 10.6 Å². The van der Waals surface area contributed by atoms with Crippen molar-refractivity contribution in [2.24, 2.45) is 0 Å². The zero-order chi connectivity index (χ0) is 15.4. The van der Waals surface area contributed by atoms with E-state index in [1.807, 2.05) is 6.92 Å². The second kappa shape index (κ2) is 6.49. The van der Waals surface area contributed by atoms with Crippen molar-refractivity contribution in [3.05, 3.63) is 50.7 Å². The lowest BCUT2D eigenvalue weighted by atomic mass is 10.3. The van der Waals surface area contributed by atoms with Gasteiger partial charge >= 0.3 is 5.69 Å². The summed E-state index contributed by atoms with van der Waals surface area (Å²) in [6, 6.07) is 7.12. The van der Waals surface area contributed by atoms with Crippen molar-refractivity contribution in [1.29, 1.82) is 0 Å². The molecule has 2 rings (SSSR count). The summed E-state index contributed by atoms with van der Waals surface area (Å²) in [6.07, 6.45) is 0. The van der Waals surface area contributed by atoms with Crippen molar-refractivity contribution >= 4 is 38.9 Å². The Kier molecular flexibility index (Phi) is 4.69. The summed E-state index contributed by atoms with van der Waals surface area (Å²) in [6.45, 7) is 2.54. The predicted molar refractivity (Wildman–Crippen MR) is 82.4 cm³/mol. The van der Waals surface area contributed by atoms with E-state index in [0.29, 0.717) is 18.1 Å². The monoisotopic (exact) mass is 354 g/mol. The molecule has 1 aromatic heterocycles. The van der Waals surface area contributed by atoms with E-state index >= 15 is 0 Å². The summed E-state index contributed by atoms with van der Waals surface area (Å²) in [5.74, 6) is 0.202. The molecular weight excluding hydrogens is 343 g/mol. The molecular formula is C13H12BrFN4O2. The van der Waals surface area contributed by atoms with E-state index in [1.165, 1.54) is 30.3 Å². The molecule has 6 nitrogen and oxygen atoms in total. The molecule has 0 saturated heterocycles. The molecule has 0 aliphatic heterocycles. The van der Waals surface area contributed by atoms with Gasteiger partial charge in [0.2, 0.25) is 5.82 Å². The van der Waals surface area contributed by atoms with Crippen molar-refractivity contribution in [1.82, 2.24) is 4.98 Å². The van der Waals surface area contributed by atoms with Crippen LogP contribution in [0, 0.1) is 15.9 Å². The number of rotatable bonds is 5. The first kappa shape index (κ1) is 15.2. The van der Waals surface area contributed by atoms with Gasteiger partial charge in [0.05, 0.1) is 9.40 Å². The first-order valence-electron chi connectivity index (χ1n) is 6.12. The molecule has 2 aromatic rings. The lowest BCUT2D eigenvalue weighted by Crippen LogP contribution is -2.04. The number of halogens is 2. The highest BCUT2D eigenvalue weighted by Crippen LogP contribution is 2.29. The zero-order valence-electron chi connectivity index (χ0n) is 11.1. The molecule has 0 saturated carbocycles. The summed E-state index contributed by atoms with van der Waals surface area (Å²) in [5, 5.41) is 16.8. The molecule has 0 fully saturated rings. The van der Waals surface area contributed by atoms with Crippen LogP contribution in [0.2, 0.25) is 0 Å². The highest BCUT2D eigenvalue weighted by atomic mass is 79.9. The van der Waals surface area contributed by atoms with Gasteiger partial charge in [-0.05, 0) is 47.1 Å². The number of nitrogens with one attached hydrogen (secondary N) is 2. The van der Waals surface area contributed by atoms with Gasteiger partial charge in [0.15, 0.2) is 0 Å². The van der Waals surface area contributed by atoms with E-state index in [0.717, 1.165) is 0 Å². The second-order valence-corrected chi connectivity index (χ2v) is 4.96. The van der Waals surface area contributed by atoms with Gasteiger partial charge in [0, 0.05) is 18.3 Å². The number of hydrogen-bond acceptors (Lipinski definition) is 5. The average molecular weight is 355 g/mol. The molecule has 0 aliphatic rings. The van der Waals surface area contributed by atoms with Crippen LogP contribution in [-0.4, -0.2) is 16.5 Å². The lowest BCUT2D eigenvalue weighted by Gasteiger charge is -2.09. The molecule has 0 bridgehead atoms. The number of hydrogen-bond donors (Lipinski definition) is 2. The van der Waals surface area contributed by atoms with Crippen molar-refractivity contribution < 1.29 is 9.31 Å². The lowest BCUT2D eigenvalue weighted by molar-refractivity contribution is -0.384. The number of benzene rings is 1. The first-order chi connectivity index (χ1) is 10.0. The van der Waals surface area contributed by atoms with E-state index in [4.69, 9.17) is 0 Å². The van der Waals surface area contributed by atoms with Crippen LogP contribution in [0.15, 0.2) is 34.8 Å². The molecule has 0 aliphatic carbocycles. The third kappa shape index (κ3) is 3.66. The number of pyridine rings is 1. The van der Waals surface area contributed by atoms with Crippen LogP contribution >= 0.6 is 15.9 Å². The maximum atomic E-state index is 13.2. The fourth-order valence-electron chi connectivity index (χ4n) is 1.68. The average Bonchev–Trinajstić information content (AvgIpc) is 2.43. The van der Waals surface area contributed by atoms with Gasteiger partial charge in [-0.25, -0.2) is 9.37 Å². The first-order valence-corrected chi connectivity index (χ1v) is 6.92. The Morgan fingerprint density at radius 1 is 1.38 bits per heavy atom. The molecule has 0 atom stereocenters. The van der Waals surface area contributed by atoms with Gasteiger partial charge in [0.25, 0.3) is 0 Å². The maximum Gasteiger partial charge on any atom is 0.311 e. The summed E-state index contributed by atoms with van der Waals surface area (Å²) < 4.78 is 13.5. The Balaban J connectivity index is 2.37. The van der Waals surface area contributed by atoms with Gasteiger partial charge in [-0.2, -0.15) is 0 Å². The van der Waals surface area contributed by atoms with Crippen molar-refractivity contribution in [2.75, 3.05) is 17.2 Å².